The Kier molecular flexibility index (Phi) is 4.95. The van der Waals surface area contributed by atoms with Crippen molar-refractivity contribution < 1.29 is 13.2 Å². The fraction of sp³-hybridized carbons (Fsp3) is 0.571. The molecule has 0 heterocycles. The number of nitrogen functional groups attached to an aromatic ring is 1. The van der Waals surface area contributed by atoms with Gasteiger partial charge in [0, 0.05) is 18.8 Å². The van der Waals surface area contributed by atoms with Crippen LogP contribution in [0, 0.1) is 0 Å². The number of nitrogens with zero attached hydrogens (tertiary/aromatic N) is 1. The van der Waals surface area contributed by atoms with E-state index in [0.29, 0.717) is 17.1 Å². The molecule has 0 atom stereocenters. The predicted octanol–water partition coefficient (Wildman–Crippen LogP) is 2.20. The lowest BCUT2D eigenvalue weighted by Crippen LogP contribution is -2.41. The molecule has 21 heavy (non-hydrogen) atoms. The van der Waals surface area contributed by atoms with E-state index in [0.717, 1.165) is 25.7 Å². The molecule has 0 amide bonds. The van der Waals surface area contributed by atoms with Gasteiger partial charge in [0.15, 0.2) is 0 Å². The molecule has 0 radical (unpaired) electrons. The molecule has 0 bridgehead atoms. The van der Waals surface area contributed by atoms with Crippen LogP contribution >= 0.6 is 0 Å². The highest BCUT2D eigenvalue weighted by molar-refractivity contribution is 7.90. The summed E-state index contributed by atoms with van der Waals surface area (Å²) in [6, 6.07) is 4.93. The summed E-state index contributed by atoms with van der Waals surface area (Å²) in [7, 11) is -0.498. The maximum Gasteiger partial charge on any atom is 0.301 e. The van der Waals surface area contributed by atoms with E-state index in [4.69, 9.17) is 10.5 Å². The molecule has 0 aliphatic heterocycles. The summed E-state index contributed by atoms with van der Waals surface area (Å²) in [6.07, 6.45) is 5.15. The highest BCUT2D eigenvalue weighted by Crippen LogP contribution is 2.29. The van der Waals surface area contributed by atoms with Gasteiger partial charge >= 0.3 is 10.2 Å². The van der Waals surface area contributed by atoms with E-state index in [1.165, 1.54) is 17.8 Å². The quantitative estimate of drug-likeness (QED) is 0.816. The lowest BCUT2D eigenvalue weighted by Gasteiger charge is -2.30. The average Bonchev–Trinajstić information content (AvgIpc) is 2.47. The number of ether oxygens (including phenoxy) is 1. The van der Waals surface area contributed by atoms with Gasteiger partial charge in [-0.15, -0.1) is 0 Å². The van der Waals surface area contributed by atoms with E-state index in [9.17, 15) is 8.42 Å². The molecule has 118 valence electrons. The fourth-order valence-corrected chi connectivity index (χ4v) is 3.84. The Morgan fingerprint density at radius 1 is 1.29 bits per heavy atom. The van der Waals surface area contributed by atoms with Crippen molar-refractivity contribution in [2.45, 2.75) is 38.1 Å². The number of methoxy groups -OCH3 is 1. The zero-order valence-corrected chi connectivity index (χ0v) is 13.3. The highest BCUT2D eigenvalue weighted by Gasteiger charge is 2.28. The van der Waals surface area contributed by atoms with Crippen molar-refractivity contribution in [3.05, 3.63) is 18.2 Å². The van der Waals surface area contributed by atoms with Crippen LogP contribution in [-0.4, -0.2) is 32.9 Å². The van der Waals surface area contributed by atoms with Gasteiger partial charge in [0.2, 0.25) is 0 Å². The molecular weight excluding hydrogens is 290 g/mol. The van der Waals surface area contributed by atoms with Crippen LogP contribution in [0.4, 0.5) is 11.4 Å². The van der Waals surface area contributed by atoms with Crippen LogP contribution in [0.25, 0.3) is 0 Å². The molecule has 1 aromatic carbocycles. The lowest BCUT2D eigenvalue weighted by atomic mass is 9.96. The number of hydrogen-bond acceptors (Lipinski definition) is 4. The Hall–Kier alpha value is -1.47. The number of benzene rings is 1. The number of nitrogens with one attached hydrogen (secondary N) is 1. The molecule has 3 N–H and O–H groups in total. The van der Waals surface area contributed by atoms with Gasteiger partial charge in [0.05, 0.1) is 12.8 Å². The predicted molar refractivity (Wildman–Crippen MR) is 84.6 cm³/mol. The minimum atomic E-state index is -3.61. The topological polar surface area (TPSA) is 84.7 Å². The van der Waals surface area contributed by atoms with Gasteiger partial charge in [0.25, 0.3) is 0 Å². The smallest absolute Gasteiger partial charge is 0.301 e. The Balaban J connectivity index is 2.18. The van der Waals surface area contributed by atoms with E-state index in [1.807, 2.05) is 0 Å². The molecule has 7 heteroatoms. The minimum Gasteiger partial charge on any atom is -0.495 e. The Morgan fingerprint density at radius 2 is 1.95 bits per heavy atom. The van der Waals surface area contributed by atoms with E-state index in [2.05, 4.69) is 4.72 Å². The van der Waals surface area contributed by atoms with Gasteiger partial charge in [-0.1, -0.05) is 19.3 Å². The van der Waals surface area contributed by atoms with Gasteiger partial charge < -0.3 is 10.5 Å². The summed E-state index contributed by atoms with van der Waals surface area (Å²) in [5.74, 6) is 0.449. The van der Waals surface area contributed by atoms with E-state index >= 15 is 0 Å². The third-order valence-electron chi connectivity index (χ3n) is 3.93. The molecule has 0 spiro atoms. The standard InChI is InChI=1S/C14H23N3O3S/c1-17(12-6-4-3-5-7-12)21(18,19)16-13-10-11(15)8-9-14(13)20-2/h8-10,12,16H,3-7,15H2,1-2H3. The molecule has 0 saturated heterocycles. The maximum absolute atomic E-state index is 12.5. The van der Waals surface area contributed by atoms with Crippen molar-refractivity contribution in [2.24, 2.45) is 0 Å². The Bertz CT molecular complexity index is 583. The molecule has 1 aliphatic rings. The molecule has 6 nitrogen and oxygen atoms in total. The number of anilines is 2. The number of rotatable bonds is 5. The molecule has 1 aliphatic carbocycles. The molecule has 1 aromatic rings. The zero-order valence-electron chi connectivity index (χ0n) is 12.5. The lowest BCUT2D eigenvalue weighted by molar-refractivity contribution is 0.287. The van der Waals surface area contributed by atoms with Gasteiger partial charge in [-0.2, -0.15) is 12.7 Å². The monoisotopic (exact) mass is 313 g/mol. The largest absolute Gasteiger partial charge is 0.495 e. The van der Waals surface area contributed by atoms with E-state index in [-0.39, 0.29) is 6.04 Å². The Labute approximate surface area is 126 Å². The van der Waals surface area contributed by atoms with Crippen LogP contribution in [0.5, 0.6) is 5.75 Å². The van der Waals surface area contributed by atoms with Gasteiger partial charge in [-0.3, -0.25) is 4.72 Å². The van der Waals surface area contributed by atoms with E-state index < -0.39 is 10.2 Å². The molecular formula is C14H23N3O3S. The normalized spacial score (nSPS) is 16.9. The highest BCUT2D eigenvalue weighted by atomic mass is 32.2. The Morgan fingerprint density at radius 3 is 2.57 bits per heavy atom. The summed E-state index contributed by atoms with van der Waals surface area (Å²) in [5.41, 5.74) is 6.56. The maximum atomic E-state index is 12.5. The van der Waals surface area contributed by atoms with Gasteiger partial charge in [-0.05, 0) is 31.0 Å². The molecule has 1 fully saturated rings. The summed E-state index contributed by atoms with van der Waals surface area (Å²) >= 11 is 0. The summed E-state index contributed by atoms with van der Waals surface area (Å²) in [6.45, 7) is 0. The average molecular weight is 313 g/mol. The first kappa shape index (κ1) is 15.9. The van der Waals surface area contributed by atoms with Crippen LogP contribution in [-0.2, 0) is 10.2 Å². The van der Waals surface area contributed by atoms with Crippen LogP contribution in [0.15, 0.2) is 18.2 Å². The zero-order chi connectivity index (χ0) is 15.5. The summed E-state index contributed by atoms with van der Waals surface area (Å²) in [4.78, 5) is 0. The van der Waals surface area contributed by atoms with Crippen molar-refractivity contribution in [1.29, 1.82) is 0 Å². The van der Waals surface area contributed by atoms with E-state index in [1.54, 1.807) is 25.2 Å². The first-order chi connectivity index (χ1) is 9.94. The van der Waals surface area contributed by atoms with Crippen molar-refractivity contribution in [3.8, 4) is 5.75 Å². The third kappa shape index (κ3) is 3.79. The SMILES string of the molecule is COc1ccc(N)cc1NS(=O)(=O)N(C)C1CCCCC1. The van der Waals surface area contributed by atoms with Crippen LogP contribution in [0.2, 0.25) is 0 Å². The number of nitrogens with two attached hydrogens (primary N) is 1. The first-order valence-corrected chi connectivity index (χ1v) is 8.57. The second kappa shape index (κ2) is 6.53. The van der Waals surface area contributed by atoms with Gasteiger partial charge in [-0.25, -0.2) is 0 Å². The van der Waals surface area contributed by atoms with Crippen LogP contribution < -0.4 is 15.2 Å². The minimum absolute atomic E-state index is 0.0586. The first-order valence-electron chi connectivity index (χ1n) is 7.13. The molecule has 0 unspecified atom stereocenters. The molecule has 2 rings (SSSR count). The van der Waals surface area contributed by atoms with Crippen molar-refractivity contribution in [2.75, 3.05) is 24.6 Å². The van der Waals surface area contributed by atoms with Crippen LogP contribution in [0.3, 0.4) is 0 Å². The van der Waals surface area contributed by atoms with Gasteiger partial charge in [0.1, 0.15) is 5.75 Å². The fourth-order valence-electron chi connectivity index (χ4n) is 2.66. The van der Waals surface area contributed by atoms with Crippen molar-refractivity contribution in [3.63, 3.8) is 0 Å². The summed E-state index contributed by atoms with van der Waals surface area (Å²) in [5, 5.41) is 0. The number of hydrogen-bond donors (Lipinski definition) is 2. The second-order valence-corrected chi connectivity index (χ2v) is 7.11. The molecule has 0 aromatic heterocycles. The second-order valence-electron chi connectivity index (χ2n) is 5.37. The molecule has 1 saturated carbocycles. The van der Waals surface area contributed by atoms with Crippen LogP contribution in [0.1, 0.15) is 32.1 Å². The van der Waals surface area contributed by atoms with Crippen molar-refractivity contribution >= 4 is 21.6 Å². The summed E-state index contributed by atoms with van der Waals surface area (Å²) < 4.78 is 34.2. The third-order valence-corrected chi connectivity index (χ3v) is 5.46. The van der Waals surface area contributed by atoms with Crippen molar-refractivity contribution in [1.82, 2.24) is 4.31 Å².